The van der Waals surface area contributed by atoms with E-state index in [1.54, 1.807) is 6.33 Å². The first-order valence-corrected chi connectivity index (χ1v) is 6.38. The van der Waals surface area contributed by atoms with E-state index < -0.39 is 0 Å². The number of hydrogen-bond donors (Lipinski definition) is 1. The second-order valence-corrected chi connectivity index (χ2v) is 4.78. The highest BCUT2D eigenvalue weighted by Crippen LogP contribution is 2.14. The molecule has 92 valence electrons. The molecule has 0 aliphatic carbocycles. The number of aromatic amines is 1. The quantitative estimate of drug-likeness (QED) is 0.769. The van der Waals surface area contributed by atoms with Crippen molar-refractivity contribution in [3.63, 3.8) is 0 Å². The summed E-state index contributed by atoms with van der Waals surface area (Å²) in [7, 11) is 2.00. The van der Waals surface area contributed by atoms with Crippen molar-refractivity contribution in [3.8, 4) is 0 Å². The Morgan fingerprint density at radius 3 is 3.17 bits per heavy atom. The number of nitrogens with one attached hydrogen (secondary N) is 1. The zero-order valence-electron chi connectivity index (χ0n) is 9.87. The predicted octanol–water partition coefficient (Wildman–Crippen LogP) is 1.49. The van der Waals surface area contributed by atoms with Crippen molar-refractivity contribution in [2.75, 3.05) is 18.5 Å². The Kier molecular flexibility index (Phi) is 2.89. The molecule has 0 saturated heterocycles. The second-order valence-electron chi connectivity index (χ2n) is 4.07. The van der Waals surface area contributed by atoms with Gasteiger partial charge in [-0.15, -0.1) is 0 Å². The van der Waals surface area contributed by atoms with E-state index in [2.05, 4.69) is 41.8 Å². The monoisotopic (exact) mass is 260 g/mol. The van der Waals surface area contributed by atoms with Gasteiger partial charge < -0.3 is 9.88 Å². The summed E-state index contributed by atoms with van der Waals surface area (Å²) < 4.78 is 3.76. The van der Waals surface area contributed by atoms with Crippen molar-refractivity contribution in [1.29, 1.82) is 0 Å². The average Bonchev–Trinajstić information content (AvgIpc) is 3.05. The first-order chi connectivity index (χ1) is 8.83. The van der Waals surface area contributed by atoms with Gasteiger partial charge in [-0.2, -0.15) is 0 Å². The number of hydrogen-bond acceptors (Lipinski definition) is 6. The lowest BCUT2D eigenvalue weighted by molar-refractivity contribution is 0.849. The van der Waals surface area contributed by atoms with Crippen LogP contribution in [0.2, 0.25) is 0 Å². The van der Waals surface area contributed by atoms with E-state index in [1.165, 1.54) is 17.1 Å². The van der Waals surface area contributed by atoms with Crippen LogP contribution in [0.25, 0.3) is 11.0 Å². The summed E-state index contributed by atoms with van der Waals surface area (Å²) in [4.78, 5) is 9.38. The molecule has 0 amide bonds. The zero-order chi connectivity index (χ0) is 12.4. The minimum atomic E-state index is 0.845. The van der Waals surface area contributed by atoms with Gasteiger partial charge in [0.1, 0.15) is 0 Å². The summed E-state index contributed by atoms with van der Waals surface area (Å²) in [5.41, 5.74) is 3.35. The Hall–Kier alpha value is -2.02. The molecule has 18 heavy (non-hydrogen) atoms. The van der Waals surface area contributed by atoms with Gasteiger partial charge in [0.15, 0.2) is 0 Å². The summed E-state index contributed by atoms with van der Waals surface area (Å²) in [6.45, 7) is 0.885. The maximum atomic E-state index is 4.20. The molecule has 0 radical (unpaired) electrons. The van der Waals surface area contributed by atoms with Crippen molar-refractivity contribution in [2.24, 2.45) is 0 Å². The van der Waals surface area contributed by atoms with Crippen molar-refractivity contribution in [2.45, 2.75) is 6.42 Å². The molecule has 0 fully saturated rings. The summed E-state index contributed by atoms with van der Waals surface area (Å²) in [6, 6.07) is 6.28. The average molecular weight is 260 g/mol. The molecular formula is C11H12N6S. The SMILES string of the molecule is CN(CCc1ccc2nc[nH]c2c1)c1nnns1. The molecule has 3 rings (SSSR count). The zero-order valence-corrected chi connectivity index (χ0v) is 10.7. The van der Waals surface area contributed by atoms with Gasteiger partial charge in [-0.05, 0) is 29.3 Å². The molecule has 0 aliphatic rings. The van der Waals surface area contributed by atoms with Crippen LogP contribution in [-0.2, 0) is 6.42 Å². The molecule has 7 heteroatoms. The molecule has 1 N–H and O–H groups in total. The maximum absolute atomic E-state index is 4.20. The second kappa shape index (κ2) is 4.69. The van der Waals surface area contributed by atoms with Crippen LogP contribution in [0.3, 0.4) is 0 Å². The fourth-order valence-electron chi connectivity index (χ4n) is 1.81. The Morgan fingerprint density at radius 2 is 2.33 bits per heavy atom. The fraction of sp³-hybridized carbons (Fsp3) is 0.273. The van der Waals surface area contributed by atoms with E-state index in [0.29, 0.717) is 0 Å². The molecule has 0 aliphatic heterocycles. The number of rotatable bonds is 4. The van der Waals surface area contributed by atoms with Gasteiger partial charge >= 0.3 is 0 Å². The third-order valence-electron chi connectivity index (χ3n) is 2.84. The van der Waals surface area contributed by atoms with E-state index in [4.69, 9.17) is 0 Å². The molecule has 6 nitrogen and oxygen atoms in total. The first-order valence-electron chi connectivity index (χ1n) is 5.61. The standard InChI is InChI=1S/C11H12N6S/c1-17(11-14-15-16-18-11)5-4-8-2-3-9-10(6-8)13-7-12-9/h2-3,6-7H,4-5H2,1H3,(H,12,13). The Bertz CT molecular complexity index is 632. The van der Waals surface area contributed by atoms with Gasteiger partial charge in [0.05, 0.1) is 17.4 Å². The normalized spacial score (nSPS) is 10.9. The van der Waals surface area contributed by atoms with Crippen LogP contribution in [0.1, 0.15) is 5.56 Å². The third-order valence-corrected chi connectivity index (χ3v) is 3.55. The number of likely N-dealkylation sites (N-methyl/N-ethyl adjacent to an activating group) is 1. The van der Waals surface area contributed by atoms with Gasteiger partial charge in [0.2, 0.25) is 5.13 Å². The van der Waals surface area contributed by atoms with E-state index in [0.717, 1.165) is 29.1 Å². The Balaban J connectivity index is 1.69. The molecule has 0 spiro atoms. The molecule has 1 aromatic carbocycles. The summed E-state index contributed by atoms with van der Waals surface area (Å²) in [5, 5.41) is 8.38. The number of aromatic nitrogens is 5. The van der Waals surface area contributed by atoms with Crippen LogP contribution in [0.4, 0.5) is 5.13 Å². The predicted molar refractivity (Wildman–Crippen MR) is 70.8 cm³/mol. The number of imidazole rings is 1. The highest BCUT2D eigenvalue weighted by molar-refractivity contribution is 7.09. The lowest BCUT2D eigenvalue weighted by atomic mass is 10.1. The van der Waals surface area contributed by atoms with Crippen LogP contribution < -0.4 is 4.90 Å². The molecule has 0 unspecified atom stereocenters. The number of nitrogens with zero attached hydrogens (tertiary/aromatic N) is 5. The number of benzene rings is 1. The molecule has 0 saturated carbocycles. The van der Waals surface area contributed by atoms with E-state index in [9.17, 15) is 0 Å². The first kappa shape index (κ1) is 11.1. The van der Waals surface area contributed by atoms with Crippen LogP contribution in [0.5, 0.6) is 0 Å². The van der Waals surface area contributed by atoms with Gasteiger partial charge in [0.25, 0.3) is 0 Å². The van der Waals surface area contributed by atoms with Crippen molar-refractivity contribution >= 4 is 27.7 Å². The minimum absolute atomic E-state index is 0.845. The van der Waals surface area contributed by atoms with E-state index >= 15 is 0 Å². The fourth-order valence-corrected chi connectivity index (χ4v) is 2.26. The number of H-pyrrole nitrogens is 1. The Labute approximate surface area is 108 Å². The summed E-state index contributed by atoms with van der Waals surface area (Å²) in [5.74, 6) is 0. The summed E-state index contributed by atoms with van der Waals surface area (Å²) >= 11 is 1.31. The highest BCUT2D eigenvalue weighted by Gasteiger charge is 2.06. The third kappa shape index (κ3) is 2.17. The number of anilines is 1. The van der Waals surface area contributed by atoms with Crippen molar-refractivity contribution in [1.82, 2.24) is 24.8 Å². The van der Waals surface area contributed by atoms with E-state index in [1.807, 2.05) is 13.1 Å². The lowest BCUT2D eigenvalue weighted by Crippen LogP contribution is -2.20. The molecule has 0 atom stereocenters. The molecule has 2 heterocycles. The van der Waals surface area contributed by atoms with Gasteiger partial charge in [-0.3, -0.25) is 0 Å². The minimum Gasteiger partial charge on any atom is -0.348 e. The van der Waals surface area contributed by atoms with Gasteiger partial charge in [-0.1, -0.05) is 15.7 Å². The van der Waals surface area contributed by atoms with Crippen LogP contribution >= 0.6 is 11.5 Å². The lowest BCUT2D eigenvalue weighted by Gasteiger charge is -2.13. The smallest absolute Gasteiger partial charge is 0.227 e. The Morgan fingerprint density at radius 1 is 1.39 bits per heavy atom. The molecule has 3 aromatic rings. The number of fused-ring (bicyclic) bond motifs is 1. The molecular weight excluding hydrogens is 248 g/mol. The van der Waals surface area contributed by atoms with Crippen LogP contribution in [0.15, 0.2) is 24.5 Å². The topological polar surface area (TPSA) is 70.6 Å². The van der Waals surface area contributed by atoms with Crippen molar-refractivity contribution in [3.05, 3.63) is 30.1 Å². The summed E-state index contributed by atoms with van der Waals surface area (Å²) in [6.07, 6.45) is 2.67. The van der Waals surface area contributed by atoms with E-state index in [-0.39, 0.29) is 0 Å². The highest BCUT2D eigenvalue weighted by atomic mass is 32.1. The van der Waals surface area contributed by atoms with Crippen LogP contribution in [-0.4, -0.2) is 38.4 Å². The molecule has 2 aromatic heterocycles. The van der Waals surface area contributed by atoms with Gasteiger partial charge in [-0.25, -0.2) is 4.98 Å². The maximum Gasteiger partial charge on any atom is 0.227 e. The van der Waals surface area contributed by atoms with Crippen molar-refractivity contribution < 1.29 is 0 Å². The van der Waals surface area contributed by atoms with Crippen LogP contribution in [0, 0.1) is 0 Å². The van der Waals surface area contributed by atoms with Gasteiger partial charge in [0, 0.05) is 25.1 Å². The largest absolute Gasteiger partial charge is 0.348 e. The molecule has 0 bridgehead atoms.